The number of piperidine rings is 3. The second-order valence-corrected chi connectivity index (χ2v) is 6.18. The number of carbonyl (C=O) groups is 1. The molecule has 1 unspecified atom stereocenters. The van der Waals surface area contributed by atoms with E-state index in [4.69, 9.17) is 0 Å². The highest BCUT2D eigenvalue weighted by atomic mass is 16.2. The molecule has 0 aromatic carbocycles. The highest BCUT2D eigenvalue weighted by Crippen LogP contribution is 2.37. The minimum Gasteiger partial charge on any atom is -0.340 e. The Balaban J connectivity index is 1.78. The average molecular weight is 250 g/mol. The molecule has 2 N–H and O–H groups in total. The van der Waals surface area contributed by atoms with Crippen molar-refractivity contribution in [1.82, 2.24) is 15.5 Å². The monoisotopic (exact) mass is 250 g/mol. The van der Waals surface area contributed by atoms with Crippen LogP contribution < -0.4 is 10.6 Å². The molecule has 0 saturated carbocycles. The van der Waals surface area contributed by atoms with Crippen molar-refractivity contribution in [3.8, 4) is 0 Å². The minimum atomic E-state index is -0.397. The fourth-order valence-corrected chi connectivity index (χ4v) is 3.34. The van der Waals surface area contributed by atoms with Crippen LogP contribution in [0.5, 0.6) is 0 Å². The Morgan fingerprint density at radius 2 is 2.17 bits per heavy atom. The Morgan fingerprint density at radius 3 is 2.72 bits per heavy atom. The number of hydrogen-bond acceptors (Lipinski definition) is 3. The van der Waals surface area contributed by atoms with Gasteiger partial charge in [-0.05, 0) is 37.8 Å². The van der Waals surface area contributed by atoms with E-state index >= 15 is 0 Å². The lowest BCUT2D eigenvalue weighted by Crippen LogP contribution is -2.67. The summed E-state index contributed by atoms with van der Waals surface area (Å²) in [4.78, 5) is 19.2. The summed E-state index contributed by atoms with van der Waals surface area (Å²) in [5, 5.41) is 6.32. The van der Waals surface area contributed by atoms with Crippen molar-refractivity contribution in [2.75, 3.05) is 26.2 Å². The van der Waals surface area contributed by atoms with Gasteiger partial charge < -0.3 is 10.2 Å². The predicted octanol–water partition coefficient (Wildman–Crippen LogP) is 0.182. The molecule has 4 heterocycles. The van der Waals surface area contributed by atoms with Crippen LogP contribution in [0.25, 0.3) is 0 Å². The highest BCUT2D eigenvalue weighted by Gasteiger charge is 2.55. The Morgan fingerprint density at radius 1 is 1.44 bits per heavy atom. The summed E-state index contributed by atoms with van der Waals surface area (Å²) >= 11 is 0. The molecule has 4 aliphatic heterocycles. The molecule has 0 radical (unpaired) electrons. The van der Waals surface area contributed by atoms with Gasteiger partial charge in [0.25, 0.3) is 5.91 Å². The molecule has 18 heavy (non-hydrogen) atoms. The average Bonchev–Trinajstić information content (AvgIpc) is 2.65. The van der Waals surface area contributed by atoms with Gasteiger partial charge in [0.15, 0.2) is 5.96 Å². The molecule has 100 valence electrons. The third kappa shape index (κ3) is 1.81. The van der Waals surface area contributed by atoms with E-state index in [1.165, 1.54) is 0 Å². The van der Waals surface area contributed by atoms with Crippen molar-refractivity contribution in [3.63, 3.8) is 0 Å². The maximum atomic E-state index is 12.3. The minimum absolute atomic E-state index is 0.124. The molecule has 2 bridgehead atoms. The Bertz CT molecular complexity index is 384. The second-order valence-electron chi connectivity index (χ2n) is 6.18. The number of carbonyl (C=O) groups excluding carboxylic acids is 1. The van der Waals surface area contributed by atoms with Crippen molar-refractivity contribution in [1.29, 1.82) is 0 Å². The van der Waals surface area contributed by atoms with Crippen LogP contribution >= 0.6 is 0 Å². The van der Waals surface area contributed by atoms with E-state index in [1.54, 1.807) is 0 Å². The van der Waals surface area contributed by atoms with Gasteiger partial charge in [-0.2, -0.15) is 0 Å². The van der Waals surface area contributed by atoms with Crippen LogP contribution in [0.3, 0.4) is 0 Å². The summed E-state index contributed by atoms with van der Waals surface area (Å²) in [7, 11) is 0. The van der Waals surface area contributed by atoms with Crippen LogP contribution in [-0.4, -0.2) is 48.5 Å². The molecular formula is C13H22N4O. The first-order chi connectivity index (χ1) is 8.60. The molecule has 4 fully saturated rings. The van der Waals surface area contributed by atoms with E-state index in [1.807, 2.05) is 0 Å². The van der Waals surface area contributed by atoms with E-state index in [0.29, 0.717) is 17.8 Å². The molecule has 1 spiro atoms. The topological polar surface area (TPSA) is 56.7 Å². The lowest BCUT2D eigenvalue weighted by Gasteiger charge is -2.49. The summed E-state index contributed by atoms with van der Waals surface area (Å²) < 4.78 is 0. The Kier molecular flexibility index (Phi) is 2.81. The molecule has 0 aromatic heterocycles. The Labute approximate surface area is 108 Å². The summed E-state index contributed by atoms with van der Waals surface area (Å²) in [5.74, 6) is 1.79. The lowest BCUT2D eigenvalue weighted by molar-refractivity contribution is -0.131. The number of nitrogens with zero attached hydrogens (tertiary/aromatic N) is 2. The summed E-state index contributed by atoms with van der Waals surface area (Å²) in [6.45, 7) is 8.13. The molecule has 1 atom stereocenters. The molecule has 5 heteroatoms. The van der Waals surface area contributed by atoms with E-state index < -0.39 is 5.54 Å². The zero-order valence-electron chi connectivity index (χ0n) is 11.2. The third-order valence-corrected chi connectivity index (χ3v) is 4.35. The van der Waals surface area contributed by atoms with Crippen LogP contribution in [-0.2, 0) is 4.79 Å². The van der Waals surface area contributed by atoms with Gasteiger partial charge in [-0.15, -0.1) is 0 Å². The standard InChI is InChI=1S/C13H22N4O/c1-9(2)7-14-12-15-11(18)13(16-12)8-17-5-3-10(13)4-6-17/h9-10H,3-8H2,1-2H3,(H2,14,15,16,18). The normalized spacial score (nSPS) is 40.6. The SMILES string of the molecule is CC(C)CN=C1NC(=O)C2(CN3CCC2CC3)N1. The second kappa shape index (κ2) is 4.23. The number of amides is 1. The molecule has 0 aromatic rings. The van der Waals surface area contributed by atoms with E-state index in [-0.39, 0.29) is 5.91 Å². The number of guanidine groups is 1. The van der Waals surface area contributed by atoms with E-state index in [2.05, 4.69) is 34.4 Å². The van der Waals surface area contributed by atoms with Gasteiger partial charge >= 0.3 is 0 Å². The van der Waals surface area contributed by atoms with Gasteiger partial charge in [-0.25, -0.2) is 0 Å². The Hall–Kier alpha value is -1.10. The molecule has 1 amide bonds. The van der Waals surface area contributed by atoms with Crippen molar-refractivity contribution in [3.05, 3.63) is 0 Å². The molecule has 4 saturated heterocycles. The maximum absolute atomic E-state index is 12.3. The molecule has 0 aliphatic carbocycles. The maximum Gasteiger partial charge on any atom is 0.254 e. The van der Waals surface area contributed by atoms with E-state index in [0.717, 1.165) is 39.0 Å². The smallest absolute Gasteiger partial charge is 0.254 e. The van der Waals surface area contributed by atoms with Crippen LogP contribution in [0.1, 0.15) is 26.7 Å². The first kappa shape index (κ1) is 12.0. The number of hydrogen-bond donors (Lipinski definition) is 2. The summed E-state index contributed by atoms with van der Waals surface area (Å²) in [6, 6.07) is 0. The van der Waals surface area contributed by atoms with Gasteiger partial charge in [-0.1, -0.05) is 13.8 Å². The number of fused-ring (bicyclic) bond motifs is 2. The molecule has 4 aliphatic rings. The van der Waals surface area contributed by atoms with Crippen LogP contribution in [0, 0.1) is 11.8 Å². The molecule has 4 rings (SSSR count). The van der Waals surface area contributed by atoms with Gasteiger partial charge in [0, 0.05) is 13.1 Å². The van der Waals surface area contributed by atoms with Gasteiger partial charge in [0.05, 0.1) is 0 Å². The largest absolute Gasteiger partial charge is 0.340 e. The third-order valence-electron chi connectivity index (χ3n) is 4.35. The van der Waals surface area contributed by atoms with Gasteiger partial charge in [-0.3, -0.25) is 15.1 Å². The van der Waals surface area contributed by atoms with Crippen LogP contribution in [0.15, 0.2) is 4.99 Å². The van der Waals surface area contributed by atoms with Crippen molar-refractivity contribution >= 4 is 11.9 Å². The number of nitrogens with one attached hydrogen (secondary N) is 2. The quantitative estimate of drug-likeness (QED) is 0.735. The van der Waals surface area contributed by atoms with Crippen molar-refractivity contribution in [2.45, 2.75) is 32.2 Å². The number of rotatable bonds is 2. The summed E-state index contributed by atoms with van der Waals surface area (Å²) in [5.41, 5.74) is -0.397. The first-order valence-corrected chi connectivity index (χ1v) is 6.96. The molecular weight excluding hydrogens is 228 g/mol. The zero-order chi connectivity index (χ0) is 12.8. The summed E-state index contributed by atoms with van der Waals surface area (Å²) in [6.07, 6.45) is 2.25. The zero-order valence-corrected chi connectivity index (χ0v) is 11.2. The molecule has 5 nitrogen and oxygen atoms in total. The fraction of sp³-hybridized carbons (Fsp3) is 0.846. The van der Waals surface area contributed by atoms with E-state index in [9.17, 15) is 4.79 Å². The highest BCUT2D eigenvalue weighted by molar-refractivity contribution is 6.09. The van der Waals surface area contributed by atoms with Gasteiger partial charge in [0.2, 0.25) is 0 Å². The lowest BCUT2D eigenvalue weighted by atomic mass is 9.73. The predicted molar refractivity (Wildman–Crippen MR) is 70.3 cm³/mol. The fourth-order valence-electron chi connectivity index (χ4n) is 3.34. The van der Waals surface area contributed by atoms with Gasteiger partial charge in [0.1, 0.15) is 5.54 Å². The van der Waals surface area contributed by atoms with Crippen molar-refractivity contribution in [2.24, 2.45) is 16.8 Å². The first-order valence-electron chi connectivity index (χ1n) is 6.96. The number of aliphatic imine (C=N–C) groups is 1. The van der Waals surface area contributed by atoms with Crippen LogP contribution in [0.2, 0.25) is 0 Å². The van der Waals surface area contributed by atoms with Crippen LogP contribution in [0.4, 0.5) is 0 Å². The van der Waals surface area contributed by atoms with Crippen molar-refractivity contribution < 1.29 is 4.79 Å².